The van der Waals surface area contributed by atoms with Crippen molar-refractivity contribution >= 4 is 20.0 Å². The van der Waals surface area contributed by atoms with Gasteiger partial charge in [0.25, 0.3) is 0 Å². The van der Waals surface area contributed by atoms with Crippen LogP contribution in [0.15, 0.2) is 0 Å². The van der Waals surface area contributed by atoms with E-state index in [0.717, 1.165) is 4.13 Å². The highest BCUT2D eigenvalue weighted by Crippen LogP contribution is 2.36. The number of sulfonamides is 2. The van der Waals surface area contributed by atoms with E-state index in [1.807, 2.05) is 0 Å². The van der Waals surface area contributed by atoms with E-state index >= 15 is 0 Å². The van der Waals surface area contributed by atoms with Crippen LogP contribution >= 0.6 is 0 Å². The number of rotatable bonds is 10. The van der Waals surface area contributed by atoms with Gasteiger partial charge in [0.2, 0.25) is 0 Å². The lowest BCUT2D eigenvalue weighted by atomic mass is 10.1. The third kappa shape index (κ3) is 11.9. The number of unbranched alkanes of at least 4 members (excludes halogenated alkanes) is 4. The molecular formula is C12H24F6N2O4S2. The maximum absolute atomic E-state index is 11.4. The quantitative estimate of drug-likeness (QED) is 0.419. The Morgan fingerprint density at radius 2 is 1.12 bits per heavy atom. The predicted molar refractivity (Wildman–Crippen MR) is 84.0 cm³/mol. The van der Waals surface area contributed by atoms with Gasteiger partial charge in [0.05, 0.1) is 13.1 Å². The van der Waals surface area contributed by atoms with Gasteiger partial charge >= 0.3 is 11.0 Å². The van der Waals surface area contributed by atoms with Crippen LogP contribution in [-0.2, 0) is 20.0 Å². The van der Waals surface area contributed by atoms with Crippen molar-refractivity contribution in [3.05, 3.63) is 4.13 Å². The Labute approximate surface area is 149 Å². The van der Waals surface area contributed by atoms with E-state index in [1.165, 1.54) is 51.6 Å². The summed E-state index contributed by atoms with van der Waals surface area (Å²) < 4.78 is 109. The molecule has 0 amide bonds. The smallest absolute Gasteiger partial charge is 0.421 e. The molecule has 0 rings (SSSR count). The van der Waals surface area contributed by atoms with E-state index in [-0.39, 0.29) is 0 Å². The van der Waals surface area contributed by atoms with Crippen LogP contribution in [0.5, 0.6) is 0 Å². The zero-order valence-electron chi connectivity index (χ0n) is 14.4. The van der Waals surface area contributed by atoms with Crippen LogP contribution in [0.25, 0.3) is 4.13 Å². The van der Waals surface area contributed by atoms with Crippen LogP contribution in [0.4, 0.5) is 26.3 Å². The second-order valence-electron chi connectivity index (χ2n) is 5.20. The molecule has 0 bridgehead atoms. The molecule has 0 radical (unpaired) electrons. The molecule has 0 aromatic carbocycles. The molecule has 26 heavy (non-hydrogen) atoms. The molecule has 0 saturated heterocycles. The molecule has 0 aromatic rings. The first-order chi connectivity index (χ1) is 11.6. The van der Waals surface area contributed by atoms with Crippen molar-refractivity contribution < 1.29 is 48.5 Å². The van der Waals surface area contributed by atoms with Crippen LogP contribution in [0.2, 0.25) is 0 Å². The molecule has 0 unspecified atom stereocenters. The molecule has 6 nitrogen and oxygen atoms in total. The third-order valence-electron chi connectivity index (χ3n) is 2.79. The Morgan fingerprint density at radius 1 is 0.692 bits per heavy atom. The lowest BCUT2D eigenvalue weighted by molar-refractivity contribution is -0.655. The normalized spacial score (nSPS) is 13.2. The Bertz CT molecular complexity index is 524. The molecule has 0 aliphatic rings. The maximum atomic E-state index is 11.4. The Kier molecular flexibility index (Phi) is 12.7. The fourth-order valence-corrected chi connectivity index (χ4v) is 3.16. The fourth-order valence-electron chi connectivity index (χ4n) is 1.45. The van der Waals surface area contributed by atoms with Gasteiger partial charge in [0.1, 0.15) is 0 Å². The third-order valence-corrected chi connectivity index (χ3v) is 5.53. The second-order valence-corrected chi connectivity index (χ2v) is 8.62. The van der Waals surface area contributed by atoms with Crippen molar-refractivity contribution in [1.29, 1.82) is 0 Å². The summed E-state index contributed by atoms with van der Waals surface area (Å²) in [5.41, 5.74) is -12.4. The van der Waals surface area contributed by atoms with Gasteiger partial charge < -0.3 is 9.44 Å². The lowest BCUT2D eigenvalue weighted by Gasteiger charge is -2.22. The predicted octanol–water partition coefficient (Wildman–Crippen LogP) is 2.99. The average Bonchev–Trinajstić information content (AvgIpc) is 2.43. The Balaban J connectivity index is 0. The first-order valence-electron chi connectivity index (χ1n) is 7.80. The van der Waals surface area contributed by atoms with Crippen molar-refractivity contribution in [2.24, 2.45) is 0 Å². The average molecular weight is 438 g/mol. The molecule has 160 valence electrons. The summed E-state index contributed by atoms with van der Waals surface area (Å²) in [6.07, 6.45) is 8.39. The summed E-state index contributed by atoms with van der Waals surface area (Å²) in [6, 6.07) is 0. The molecule has 0 heterocycles. The number of hydrogen-bond acceptors (Lipinski definition) is 4. The van der Waals surface area contributed by atoms with E-state index in [1.54, 1.807) is 0 Å². The van der Waals surface area contributed by atoms with Gasteiger partial charge in [-0.05, 0) is 19.3 Å². The van der Waals surface area contributed by atoms with Crippen LogP contribution in [0.3, 0.4) is 0 Å². The minimum atomic E-state index is -6.72. The van der Waals surface area contributed by atoms with E-state index in [2.05, 4.69) is 19.2 Å². The van der Waals surface area contributed by atoms with Gasteiger partial charge in [-0.3, -0.25) is 0 Å². The molecule has 0 aromatic heterocycles. The molecule has 0 aliphatic carbocycles. The van der Waals surface area contributed by atoms with Crippen LogP contribution in [0, 0.1) is 0 Å². The zero-order chi connectivity index (χ0) is 21.1. The van der Waals surface area contributed by atoms with Crippen molar-refractivity contribution in [2.45, 2.75) is 63.4 Å². The molecule has 0 atom stereocenters. The molecule has 0 spiro atoms. The summed E-state index contributed by atoms with van der Waals surface area (Å²) in [4.78, 5) is 0. The minimum absolute atomic E-state index is 0.778. The van der Waals surface area contributed by atoms with Crippen LogP contribution in [-0.4, -0.2) is 40.9 Å². The van der Waals surface area contributed by atoms with Crippen molar-refractivity contribution in [2.75, 3.05) is 13.1 Å². The van der Waals surface area contributed by atoms with Crippen molar-refractivity contribution in [1.82, 2.24) is 0 Å². The largest absolute Gasteiger partial charge is 0.480 e. The summed E-state index contributed by atoms with van der Waals surface area (Å²) in [5, 5.41) is 2.44. The highest BCUT2D eigenvalue weighted by atomic mass is 32.3. The highest BCUT2D eigenvalue weighted by molar-refractivity contribution is 8.13. The highest BCUT2D eigenvalue weighted by Gasteiger charge is 2.46. The molecule has 14 heteroatoms. The number of alkyl halides is 6. The summed E-state index contributed by atoms with van der Waals surface area (Å²) in [5.74, 6) is 0. The number of hydrogen-bond donors (Lipinski definition) is 1. The van der Waals surface area contributed by atoms with Crippen molar-refractivity contribution in [3.8, 4) is 0 Å². The molecular weight excluding hydrogens is 414 g/mol. The van der Waals surface area contributed by atoms with E-state index < -0.39 is 31.1 Å². The SMILES string of the molecule is CCCCCCC[NH2+]CCC.O=S(=O)([N-]S(=O)(=O)C(F)(F)F)C(F)(F)F. The first kappa shape index (κ1) is 27.6. The van der Waals surface area contributed by atoms with Crippen LogP contribution in [0.1, 0.15) is 52.4 Å². The second kappa shape index (κ2) is 12.0. The Morgan fingerprint density at radius 3 is 1.46 bits per heavy atom. The van der Waals surface area contributed by atoms with Gasteiger partial charge in [-0.25, -0.2) is 16.8 Å². The summed E-state index contributed by atoms with van der Waals surface area (Å²) in [6.45, 7) is 7.17. The van der Waals surface area contributed by atoms with E-state index in [0.29, 0.717) is 0 Å². The molecule has 2 N–H and O–H groups in total. The monoisotopic (exact) mass is 438 g/mol. The summed E-state index contributed by atoms with van der Waals surface area (Å²) in [7, 11) is -13.4. The number of quaternary nitrogens is 1. The maximum Gasteiger partial charge on any atom is 0.480 e. The van der Waals surface area contributed by atoms with Gasteiger partial charge in [-0.15, -0.1) is 0 Å². The van der Waals surface area contributed by atoms with E-state index in [4.69, 9.17) is 0 Å². The van der Waals surface area contributed by atoms with Gasteiger partial charge in [-0.1, -0.05) is 33.1 Å². The van der Waals surface area contributed by atoms with Crippen molar-refractivity contribution in [3.63, 3.8) is 0 Å². The first-order valence-corrected chi connectivity index (χ1v) is 10.7. The lowest BCUT2D eigenvalue weighted by Crippen LogP contribution is -2.84. The molecule has 0 saturated carbocycles. The van der Waals surface area contributed by atoms with Gasteiger partial charge in [-0.2, -0.15) is 26.3 Å². The number of halogens is 6. The fraction of sp³-hybridized carbons (Fsp3) is 1.00. The molecule has 0 aliphatic heterocycles. The van der Waals surface area contributed by atoms with Gasteiger partial charge in [0, 0.05) is 0 Å². The summed E-state index contributed by atoms with van der Waals surface area (Å²) >= 11 is 0. The van der Waals surface area contributed by atoms with E-state index in [9.17, 15) is 43.2 Å². The minimum Gasteiger partial charge on any atom is -0.421 e. The standard InChI is InChI=1S/C10H23N.C2F6NO4S2/c1-3-5-6-7-8-10-11-9-4-2;3-1(4,5)14(10,11)9-15(12,13)2(6,7)8/h11H,3-10H2,1-2H3;/q;-1/p+1. The number of nitrogens with two attached hydrogens (primary N) is 1. The Hall–Kier alpha value is -0.600. The zero-order valence-corrected chi connectivity index (χ0v) is 16.0. The van der Waals surface area contributed by atoms with Gasteiger partial charge in [0.15, 0.2) is 20.0 Å². The van der Waals surface area contributed by atoms with Crippen LogP contribution < -0.4 is 5.32 Å². The number of nitrogens with zero attached hydrogens (tertiary/aromatic N) is 1. The molecule has 0 fully saturated rings. The topological polar surface area (TPSA) is 99.0 Å².